The third-order valence-corrected chi connectivity index (χ3v) is 3.91. The normalized spacial score (nSPS) is 10.8. The van der Waals surface area contributed by atoms with Gasteiger partial charge in [0.15, 0.2) is 0 Å². The Kier molecular flexibility index (Phi) is 3.17. The summed E-state index contributed by atoms with van der Waals surface area (Å²) in [4.78, 5) is 4.48. The first-order valence-corrected chi connectivity index (χ1v) is 6.88. The first-order chi connectivity index (χ1) is 9.20. The monoisotopic (exact) mass is 272 g/mol. The number of benzene rings is 2. The molecule has 0 radical (unpaired) electrons. The maximum absolute atomic E-state index is 13.1. The van der Waals surface area contributed by atoms with Gasteiger partial charge in [0.1, 0.15) is 10.8 Å². The number of anilines is 1. The number of nitrogens with zero attached hydrogens (tertiary/aromatic N) is 1. The summed E-state index contributed by atoms with van der Waals surface area (Å²) in [5.41, 5.74) is 3.16. The van der Waals surface area contributed by atoms with Gasteiger partial charge in [0.25, 0.3) is 0 Å². The second-order valence-corrected chi connectivity index (χ2v) is 5.55. The fraction of sp³-hybridized carbons (Fsp3) is 0.133. The second kappa shape index (κ2) is 4.97. The number of rotatable bonds is 3. The van der Waals surface area contributed by atoms with Crippen LogP contribution in [-0.4, -0.2) is 4.98 Å². The highest BCUT2D eigenvalue weighted by Gasteiger charge is 2.04. The minimum atomic E-state index is -0.214. The molecule has 1 N–H and O–H groups in total. The SMILES string of the molecule is Cc1ccc(NCc2nc3ccc(F)cc3s2)cc1. The molecule has 0 aliphatic heterocycles. The van der Waals surface area contributed by atoms with E-state index < -0.39 is 0 Å². The van der Waals surface area contributed by atoms with Crippen molar-refractivity contribution in [2.75, 3.05) is 5.32 Å². The maximum atomic E-state index is 13.1. The summed E-state index contributed by atoms with van der Waals surface area (Å²) in [7, 11) is 0. The van der Waals surface area contributed by atoms with Crippen LogP contribution in [0.2, 0.25) is 0 Å². The molecule has 0 atom stereocenters. The highest BCUT2D eigenvalue weighted by molar-refractivity contribution is 7.18. The zero-order valence-electron chi connectivity index (χ0n) is 10.5. The predicted molar refractivity (Wildman–Crippen MR) is 78.1 cm³/mol. The Morgan fingerprint density at radius 3 is 2.74 bits per heavy atom. The van der Waals surface area contributed by atoms with Crippen LogP contribution in [0.5, 0.6) is 0 Å². The highest BCUT2D eigenvalue weighted by Crippen LogP contribution is 2.23. The van der Waals surface area contributed by atoms with Gasteiger partial charge in [0.05, 0.1) is 16.8 Å². The van der Waals surface area contributed by atoms with Crippen LogP contribution in [0.4, 0.5) is 10.1 Å². The summed E-state index contributed by atoms with van der Waals surface area (Å²) >= 11 is 1.52. The largest absolute Gasteiger partial charge is 0.379 e. The molecule has 0 aliphatic carbocycles. The lowest BCUT2D eigenvalue weighted by Gasteiger charge is -2.03. The number of fused-ring (bicyclic) bond motifs is 1. The van der Waals surface area contributed by atoms with E-state index in [-0.39, 0.29) is 5.82 Å². The average Bonchev–Trinajstić information content (AvgIpc) is 2.80. The minimum Gasteiger partial charge on any atom is -0.379 e. The van der Waals surface area contributed by atoms with Crippen molar-refractivity contribution in [1.29, 1.82) is 0 Å². The van der Waals surface area contributed by atoms with Crippen molar-refractivity contribution in [3.63, 3.8) is 0 Å². The molecule has 3 rings (SSSR count). The topological polar surface area (TPSA) is 24.9 Å². The summed E-state index contributed by atoms with van der Waals surface area (Å²) < 4.78 is 14.0. The van der Waals surface area contributed by atoms with Crippen LogP contribution in [-0.2, 0) is 6.54 Å². The lowest BCUT2D eigenvalue weighted by atomic mass is 10.2. The number of hydrogen-bond acceptors (Lipinski definition) is 3. The fourth-order valence-corrected chi connectivity index (χ4v) is 2.80. The Morgan fingerprint density at radius 1 is 1.16 bits per heavy atom. The molecule has 3 aromatic rings. The number of aryl methyl sites for hydroxylation is 1. The number of halogens is 1. The van der Waals surface area contributed by atoms with E-state index in [1.807, 2.05) is 12.1 Å². The zero-order chi connectivity index (χ0) is 13.2. The Morgan fingerprint density at radius 2 is 1.95 bits per heavy atom. The maximum Gasteiger partial charge on any atom is 0.124 e. The number of nitrogens with one attached hydrogen (secondary N) is 1. The average molecular weight is 272 g/mol. The predicted octanol–water partition coefficient (Wildman–Crippen LogP) is 4.36. The lowest BCUT2D eigenvalue weighted by molar-refractivity contribution is 0.630. The van der Waals surface area contributed by atoms with Gasteiger partial charge >= 0.3 is 0 Å². The van der Waals surface area contributed by atoms with Gasteiger partial charge in [0.2, 0.25) is 0 Å². The number of hydrogen-bond donors (Lipinski definition) is 1. The molecule has 96 valence electrons. The van der Waals surface area contributed by atoms with Crippen molar-refractivity contribution in [3.05, 3.63) is 58.9 Å². The smallest absolute Gasteiger partial charge is 0.124 e. The van der Waals surface area contributed by atoms with Crippen molar-refractivity contribution in [1.82, 2.24) is 4.98 Å². The molecular weight excluding hydrogens is 259 g/mol. The van der Waals surface area contributed by atoms with E-state index in [9.17, 15) is 4.39 Å². The van der Waals surface area contributed by atoms with Crippen LogP contribution in [0.15, 0.2) is 42.5 Å². The molecular formula is C15H13FN2S. The third-order valence-electron chi connectivity index (χ3n) is 2.89. The van der Waals surface area contributed by atoms with Crippen LogP contribution < -0.4 is 5.32 Å². The molecule has 0 spiro atoms. The molecule has 0 amide bonds. The van der Waals surface area contributed by atoms with E-state index in [0.29, 0.717) is 6.54 Å². The van der Waals surface area contributed by atoms with Gasteiger partial charge in [-0.05, 0) is 37.3 Å². The van der Waals surface area contributed by atoms with Crippen LogP contribution in [0.3, 0.4) is 0 Å². The molecule has 2 aromatic carbocycles. The Balaban J connectivity index is 1.76. The quantitative estimate of drug-likeness (QED) is 0.766. The van der Waals surface area contributed by atoms with Gasteiger partial charge in [0, 0.05) is 5.69 Å². The van der Waals surface area contributed by atoms with Crippen LogP contribution >= 0.6 is 11.3 Å². The Labute approximate surface area is 114 Å². The van der Waals surface area contributed by atoms with Crippen molar-refractivity contribution in [3.8, 4) is 0 Å². The van der Waals surface area contributed by atoms with E-state index in [1.54, 1.807) is 6.07 Å². The van der Waals surface area contributed by atoms with Gasteiger partial charge in [-0.1, -0.05) is 17.7 Å². The standard InChI is InChI=1S/C15H13FN2S/c1-10-2-5-12(6-3-10)17-9-15-18-13-7-4-11(16)8-14(13)19-15/h2-8,17H,9H2,1H3. The molecule has 0 unspecified atom stereocenters. The van der Waals surface area contributed by atoms with E-state index in [0.717, 1.165) is 20.9 Å². The molecule has 4 heteroatoms. The lowest BCUT2D eigenvalue weighted by Crippen LogP contribution is -1.98. The van der Waals surface area contributed by atoms with Crippen LogP contribution in [0.25, 0.3) is 10.2 Å². The summed E-state index contributed by atoms with van der Waals surface area (Å²) in [6, 6.07) is 12.9. The summed E-state index contributed by atoms with van der Waals surface area (Å²) in [6.45, 7) is 2.72. The Hall–Kier alpha value is -1.94. The zero-order valence-corrected chi connectivity index (χ0v) is 11.3. The van der Waals surface area contributed by atoms with E-state index in [4.69, 9.17) is 0 Å². The third kappa shape index (κ3) is 2.74. The van der Waals surface area contributed by atoms with E-state index in [2.05, 4.69) is 29.4 Å². The molecule has 2 nitrogen and oxygen atoms in total. The summed E-state index contributed by atoms with van der Waals surface area (Å²) in [5, 5.41) is 4.28. The van der Waals surface area contributed by atoms with Crippen molar-refractivity contribution >= 4 is 27.2 Å². The van der Waals surface area contributed by atoms with Gasteiger partial charge < -0.3 is 5.32 Å². The van der Waals surface area contributed by atoms with Gasteiger partial charge in [-0.2, -0.15) is 0 Å². The number of thiazole rings is 1. The molecule has 0 bridgehead atoms. The Bertz CT molecular complexity index is 704. The van der Waals surface area contributed by atoms with Crippen molar-refractivity contribution in [2.45, 2.75) is 13.5 Å². The van der Waals surface area contributed by atoms with Crippen LogP contribution in [0, 0.1) is 12.7 Å². The van der Waals surface area contributed by atoms with E-state index >= 15 is 0 Å². The number of aromatic nitrogens is 1. The first kappa shape index (κ1) is 12.1. The fourth-order valence-electron chi connectivity index (χ4n) is 1.87. The minimum absolute atomic E-state index is 0.214. The van der Waals surface area contributed by atoms with Crippen molar-refractivity contribution < 1.29 is 4.39 Å². The molecule has 1 heterocycles. The van der Waals surface area contributed by atoms with E-state index in [1.165, 1.54) is 29.0 Å². The molecule has 19 heavy (non-hydrogen) atoms. The summed E-state index contributed by atoms with van der Waals surface area (Å²) in [6.07, 6.45) is 0. The molecule has 1 aromatic heterocycles. The molecule has 0 saturated carbocycles. The van der Waals surface area contributed by atoms with Gasteiger partial charge in [-0.15, -0.1) is 11.3 Å². The molecule has 0 fully saturated rings. The molecule has 0 saturated heterocycles. The second-order valence-electron chi connectivity index (χ2n) is 4.44. The summed E-state index contributed by atoms with van der Waals surface area (Å²) in [5.74, 6) is -0.214. The highest BCUT2D eigenvalue weighted by atomic mass is 32.1. The van der Waals surface area contributed by atoms with Gasteiger partial charge in [-0.25, -0.2) is 9.37 Å². The first-order valence-electron chi connectivity index (χ1n) is 6.06. The molecule has 0 aliphatic rings. The van der Waals surface area contributed by atoms with Crippen LogP contribution in [0.1, 0.15) is 10.6 Å². The van der Waals surface area contributed by atoms with Crippen molar-refractivity contribution in [2.24, 2.45) is 0 Å². The van der Waals surface area contributed by atoms with Gasteiger partial charge in [-0.3, -0.25) is 0 Å².